The fraction of sp³-hybridized carbons (Fsp3) is 0.533. The summed E-state index contributed by atoms with van der Waals surface area (Å²) in [7, 11) is 0. The van der Waals surface area contributed by atoms with Crippen molar-refractivity contribution < 1.29 is 9.90 Å². The molecule has 0 heterocycles. The second kappa shape index (κ2) is 6.43. The quantitative estimate of drug-likeness (QED) is 0.754. The first-order valence-electron chi connectivity index (χ1n) is 6.29. The maximum Gasteiger partial charge on any atom is 0.303 e. The molecule has 0 amide bonds. The second-order valence-electron chi connectivity index (χ2n) is 4.90. The number of benzene rings is 1. The topological polar surface area (TPSA) is 37.3 Å². The lowest BCUT2D eigenvalue weighted by Crippen LogP contribution is -1.99. The minimum atomic E-state index is -0.691. The van der Waals surface area contributed by atoms with E-state index >= 15 is 0 Å². The van der Waals surface area contributed by atoms with Gasteiger partial charge in [0.25, 0.3) is 0 Å². The van der Waals surface area contributed by atoms with E-state index in [0.29, 0.717) is 12.3 Å². The zero-order chi connectivity index (χ0) is 12.8. The van der Waals surface area contributed by atoms with Gasteiger partial charge in [0.15, 0.2) is 0 Å². The van der Waals surface area contributed by atoms with E-state index in [1.807, 2.05) is 0 Å². The standard InChI is InChI=1S/C15H22O2/c1-11-8-9-14(13(3)10-11)12(2)6-4-5-7-15(16)17/h8-10,12H,4-7H2,1-3H3,(H,16,17). The van der Waals surface area contributed by atoms with Crippen LogP contribution in [-0.2, 0) is 4.79 Å². The van der Waals surface area contributed by atoms with Crippen LogP contribution >= 0.6 is 0 Å². The van der Waals surface area contributed by atoms with E-state index in [2.05, 4.69) is 39.0 Å². The first-order chi connectivity index (χ1) is 8.00. The minimum Gasteiger partial charge on any atom is -0.481 e. The maximum absolute atomic E-state index is 10.4. The molecule has 0 spiro atoms. The van der Waals surface area contributed by atoms with Gasteiger partial charge in [-0.15, -0.1) is 0 Å². The number of carboxylic acids is 1. The van der Waals surface area contributed by atoms with E-state index in [1.54, 1.807) is 0 Å². The van der Waals surface area contributed by atoms with E-state index in [-0.39, 0.29) is 0 Å². The lowest BCUT2D eigenvalue weighted by atomic mass is 9.91. The molecule has 1 N–H and O–H groups in total. The van der Waals surface area contributed by atoms with E-state index in [1.165, 1.54) is 16.7 Å². The fourth-order valence-electron chi connectivity index (χ4n) is 2.26. The van der Waals surface area contributed by atoms with Crippen molar-refractivity contribution in [2.24, 2.45) is 0 Å². The van der Waals surface area contributed by atoms with Gasteiger partial charge in [-0.2, -0.15) is 0 Å². The van der Waals surface area contributed by atoms with Gasteiger partial charge in [-0.1, -0.05) is 37.1 Å². The molecule has 94 valence electrons. The molecule has 0 aliphatic heterocycles. The first kappa shape index (κ1) is 13.8. The number of carbonyl (C=O) groups is 1. The highest BCUT2D eigenvalue weighted by atomic mass is 16.4. The van der Waals surface area contributed by atoms with Crippen molar-refractivity contribution in [1.29, 1.82) is 0 Å². The number of aliphatic carboxylic acids is 1. The fourth-order valence-corrected chi connectivity index (χ4v) is 2.26. The van der Waals surface area contributed by atoms with Crippen LogP contribution in [0.4, 0.5) is 0 Å². The Bertz CT molecular complexity index is 383. The van der Waals surface area contributed by atoms with Crippen LogP contribution in [0.5, 0.6) is 0 Å². The Morgan fingerprint density at radius 2 is 2.00 bits per heavy atom. The van der Waals surface area contributed by atoms with E-state index < -0.39 is 5.97 Å². The summed E-state index contributed by atoms with van der Waals surface area (Å²) in [6.07, 6.45) is 3.13. The van der Waals surface area contributed by atoms with Crippen LogP contribution < -0.4 is 0 Å². The summed E-state index contributed by atoms with van der Waals surface area (Å²) < 4.78 is 0. The van der Waals surface area contributed by atoms with Crippen molar-refractivity contribution in [3.8, 4) is 0 Å². The summed E-state index contributed by atoms with van der Waals surface area (Å²) in [5.74, 6) is -0.173. The summed E-state index contributed by atoms with van der Waals surface area (Å²) in [6.45, 7) is 6.48. The molecule has 2 heteroatoms. The normalized spacial score (nSPS) is 12.4. The van der Waals surface area contributed by atoms with Crippen molar-refractivity contribution in [2.45, 2.75) is 52.4 Å². The predicted octanol–water partition coefficient (Wildman–Crippen LogP) is 4.05. The lowest BCUT2D eigenvalue weighted by Gasteiger charge is -2.15. The number of rotatable bonds is 6. The summed E-state index contributed by atoms with van der Waals surface area (Å²) >= 11 is 0. The Morgan fingerprint density at radius 1 is 1.29 bits per heavy atom. The van der Waals surface area contributed by atoms with E-state index in [9.17, 15) is 4.79 Å². The largest absolute Gasteiger partial charge is 0.481 e. The van der Waals surface area contributed by atoms with Gasteiger partial charge < -0.3 is 5.11 Å². The Hall–Kier alpha value is -1.31. The van der Waals surface area contributed by atoms with Crippen molar-refractivity contribution in [1.82, 2.24) is 0 Å². The summed E-state index contributed by atoms with van der Waals surface area (Å²) in [5.41, 5.74) is 4.03. The van der Waals surface area contributed by atoms with Gasteiger partial charge in [0, 0.05) is 6.42 Å². The lowest BCUT2D eigenvalue weighted by molar-refractivity contribution is -0.137. The number of aryl methyl sites for hydroxylation is 2. The van der Waals surface area contributed by atoms with Gasteiger partial charge >= 0.3 is 5.97 Å². The molecule has 17 heavy (non-hydrogen) atoms. The van der Waals surface area contributed by atoms with Crippen LogP contribution in [-0.4, -0.2) is 11.1 Å². The van der Waals surface area contributed by atoms with Crippen LogP contribution in [0.1, 0.15) is 55.2 Å². The van der Waals surface area contributed by atoms with Crippen LogP contribution in [0, 0.1) is 13.8 Å². The third-order valence-electron chi connectivity index (χ3n) is 3.23. The number of carboxylic acid groups (broad SMARTS) is 1. The highest BCUT2D eigenvalue weighted by molar-refractivity contribution is 5.66. The smallest absolute Gasteiger partial charge is 0.303 e. The van der Waals surface area contributed by atoms with Crippen LogP contribution in [0.25, 0.3) is 0 Å². The SMILES string of the molecule is Cc1ccc(C(C)CCCCC(=O)O)c(C)c1. The van der Waals surface area contributed by atoms with Crippen molar-refractivity contribution in [3.05, 3.63) is 34.9 Å². The van der Waals surface area contributed by atoms with Gasteiger partial charge in [-0.3, -0.25) is 4.79 Å². The molecule has 1 unspecified atom stereocenters. The average molecular weight is 234 g/mol. The zero-order valence-electron chi connectivity index (χ0n) is 11.0. The first-order valence-corrected chi connectivity index (χ1v) is 6.29. The Labute approximate surface area is 104 Å². The summed E-state index contributed by atoms with van der Waals surface area (Å²) in [5, 5.41) is 8.57. The highest BCUT2D eigenvalue weighted by Gasteiger charge is 2.08. The molecule has 0 aliphatic rings. The molecule has 0 aromatic heterocycles. The third kappa shape index (κ3) is 4.59. The Kier molecular flexibility index (Phi) is 5.20. The van der Waals surface area contributed by atoms with Gasteiger partial charge in [-0.05, 0) is 43.7 Å². The van der Waals surface area contributed by atoms with E-state index in [4.69, 9.17) is 5.11 Å². The third-order valence-corrected chi connectivity index (χ3v) is 3.23. The summed E-state index contributed by atoms with van der Waals surface area (Å²) in [6, 6.07) is 6.56. The van der Waals surface area contributed by atoms with Crippen molar-refractivity contribution >= 4 is 5.97 Å². The molecule has 2 nitrogen and oxygen atoms in total. The molecular weight excluding hydrogens is 212 g/mol. The minimum absolute atomic E-state index is 0.291. The number of hydrogen-bond donors (Lipinski definition) is 1. The Morgan fingerprint density at radius 3 is 2.59 bits per heavy atom. The molecule has 1 aromatic rings. The highest BCUT2D eigenvalue weighted by Crippen LogP contribution is 2.25. The molecule has 1 atom stereocenters. The molecule has 0 bridgehead atoms. The van der Waals surface area contributed by atoms with Gasteiger partial charge in [0.1, 0.15) is 0 Å². The molecule has 0 radical (unpaired) electrons. The van der Waals surface area contributed by atoms with Gasteiger partial charge in [-0.25, -0.2) is 0 Å². The van der Waals surface area contributed by atoms with Crippen LogP contribution in [0.3, 0.4) is 0 Å². The van der Waals surface area contributed by atoms with E-state index in [0.717, 1.165) is 19.3 Å². The number of hydrogen-bond acceptors (Lipinski definition) is 1. The summed E-state index contributed by atoms with van der Waals surface area (Å²) in [4.78, 5) is 10.4. The van der Waals surface area contributed by atoms with Crippen LogP contribution in [0.15, 0.2) is 18.2 Å². The monoisotopic (exact) mass is 234 g/mol. The zero-order valence-corrected chi connectivity index (χ0v) is 11.0. The predicted molar refractivity (Wildman–Crippen MR) is 70.4 cm³/mol. The van der Waals surface area contributed by atoms with Crippen molar-refractivity contribution in [3.63, 3.8) is 0 Å². The Balaban J connectivity index is 2.46. The molecular formula is C15H22O2. The molecule has 1 aromatic carbocycles. The average Bonchev–Trinajstić information content (AvgIpc) is 2.23. The molecule has 1 rings (SSSR count). The molecule has 0 saturated heterocycles. The molecule has 0 saturated carbocycles. The van der Waals surface area contributed by atoms with Gasteiger partial charge in [0.05, 0.1) is 0 Å². The maximum atomic E-state index is 10.4. The number of unbranched alkanes of at least 4 members (excludes halogenated alkanes) is 1. The second-order valence-corrected chi connectivity index (χ2v) is 4.90. The molecule has 0 aliphatic carbocycles. The molecule has 0 fully saturated rings. The van der Waals surface area contributed by atoms with Crippen LogP contribution in [0.2, 0.25) is 0 Å². The van der Waals surface area contributed by atoms with Gasteiger partial charge in [0.2, 0.25) is 0 Å². The van der Waals surface area contributed by atoms with Crippen molar-refractivity contribution in [2.75, 3.05) is 0 Å².